The molecule has 0 aliphatic carbocycles. The van der Waals surface area contributed by atoms with Gasteiger partial charge in [-0.15, -0.1) is 0 Å². The lowest BCUT2D eigenvalue weighted by atomic mass is 10.0. The monoisotopic (exact) mass is 325 g/mol. The van der Waals surface area contributed by atoms with Gasteiger partial charge >= 0.3 is 5.97 Å². The molecule has 22 heavy (non-hydrogen) atoms. The summed E-state index contributed by atoms with van der Waals surface area (Å²) in [7, 11) is 1.62. The van der Waals surface area contributed by atoms with E-state index in [1.54, 1.807) is 14.0 Å². The van der Waals surface area contributed by atoms with Crippen LogP contribution < -0.4 is 10.9 Å². The number of aliphatic carboxylic acids is 1. The van der Waals surface area contributed by atoms with E-state index in [9.17, 15) is 9.59 Å². The highest BCUT2D eigenvalue weighted by Gasteiger charge is 2.33. The first-order valence-electron chi connectivity index (χ1n) is 7.13. The fraction of sp³-hybridized carbons (Fsp3) is 0.467. The standard InChI is InChI=1S/C15H20ClN3O3/c1-9(15(21)22)8-19(2)14(20)13-7-12(17-18-13)10-5-3-4-6-11(10)16/h3-6,9,12-13,17-18H,7-8H2,1-2H3,(H,21,22). The van der Waals surface area contributed by atoms with Gasteiger partial charge < -0.3 is 10.0 Å². The van der Waals surface area contributed by atoms with Gasteiger partial charge in [0, 0.05) is 24.7 Å². The quantitative estimate of drug-likeness (QED) is 0.763. The number of amides is 1. The Hall–Kier alpha value is -1.63. The number of likely N-dealkylation sites (N-methyl/N-ethyl adjacent to an activating group) is 1. The Bertz CT molecular complexity index is 567. The van der Waals surface area contributed by atoms with E-state index in [4.69, 9.17) is 16.7 Å². The Labute approximate surface area is 134 Å². The van der Waals surface area contributed by atoms with Crippen LogP contribution in [0.15, 0.2) is 24.3 Å². The van der Waals surface area contributed by atoms with Crippen molar-refractivity contribution in [2.24, 2.45) is 5.92 Å². The third kappa shape index (κ3) is 3.76. The van der Waals surface area contributed by atoms with Gasteiger partial charge in [-0.3, -0.25) is 9.59 Å². The number of carboxylic acid groups (broad SMARTS) is 1. The van der Waals surface area contributed by atoms with Crippen molar-refractivity contribution in [3.8, 4) is 0 Å². The molecular weight excluding hydrogens is 306 g/mol. The number of benzene rings is 1. The SMILES string of the molecule is CC(CN(C)C(=O)C1CC(c2ccccc2Cl)NN1)C(=O)O. The summed E-state index contributed by atoms with van der Waals surface area (Å²) in [4.78, 5) is 24.7. The van der Waals surface area contributed by atoms with Crippen LogP contribution in [0.3, 0.4) is 0 Å². The summed E-state index contributed by atoms with van der Waals surface area (Å²) in [5.41, 5.74) is 6.98. The molecule has 1 amide bonds. The Morgan fingerprint density at radius 2 is 2.09 bits per heavy atom. The van der Waals surface area contributed by atoms with Crippen molar-refractivity contribution < 1.29 is 14.7 Å². The molecule has 1 aliphatic heterocycles. The Kier molecular flexibility index (Phi) is 5.39. The van der Waals surface area contributed by atoms with Crippen LogP contribution in [0.5, 0.6) is 0 Å². The maximum Gasteiger partial charge on any atom is 0.308 e. The number of nitrogens with one attached hydrogen (secondary N) is 2. The van der Waals surface area contributed by atoms with E-state index in [1.165, 1.54) is 4.90 Å². The fourth-order valence-corrected chi connectivity index (χ4v) is 2.79. The van der Waals surface area contributed by atoms with Crippen LogP contribution in [0.25, 0.3) is 0 Å². The topological polar surface area (TPSA) is 81.7 Å². The molecule has 0 spiro atoms. The lowest BCUT2D eigenvalue weighted by Crippen LogP contribution is -2.45. The van der Waals surface area contributed by atoms with Gasteiger partial charge in [0.15, 0.2) is 0 Å². The summed E-state index contributed by atoms with van der Waals surface area (Å²) in [6.45, 7) is 1.77. The molecule has 1 aromatic carbocycles. The number of carbonyl (C=O) groups excluding carboxylic acids is 1. The van der Waals surface area contributed by atoms with Crippen molar-refractivity contribution in [3.05, 3.63) is 34.9 Å². The van der Waals surface area contributed by atoms with Gasteiger partial charge in [0.1, 0.15) is 6.04 Å². The Morgan fingerprint density at radius 1 is 1.41 bits per heavy atom. The minimum atomic E-state index is -0.911. The van der Waals surface area contributed by atoms with Crippen molar-refractivity contribution in [2.45, 2.75) is 25.4 Å². The highest BCUT2D eigenvalue weighted by molar-refractivity contribution is 6.31. The van der Waals surface area contributed by atoms with Crippen LogP contribution in [-0.2, 0) is 9.59 Å². The molecule has 1 fully saturated rings. The van der Waals surface area contributed by atoms with Crippen LogP contribution in [0.4, 0.5) is 0 Å². The van der Waals surface area contributed by atoms with Crippen molar-refractivity contribution in [3.63, 3.8) is 0 Å². The first-order valence-corrected chi connectivity index (χ1v) is 7.51. The van der Waals surface area contributed by atoms with Crippen LogP contribution >= 0.6 is 11.6 Å². The highest BCUT2D eigenvalue weighted by Crippen LogP contribution is 2.28. The molecule has 3 unspecified atom stereocenters. The number of nitrogens with zero attached hydrogens (tertiary/aromatic N) is 1. The van der Waals surface area contributed by atoms with Crippen molar-refractivity contribution in [2.75, 3.05) is 13.6 Å². The smallest absolute Gasteiger partial charge is 0.308 e. The van der Waals surface area contributed by atoms with Gasteiger partial charge in [-0.05, 0) is 18.1 Å². The molecule has 0 saturated carbocycles. The van der Waals surface area contributed by atoms with E-state index >= 15 is 0 Å². The molecule has 0 aromatic heterocycles. The Balaban J connectivity index is 1.96. The molecule has 7 heteroatoms. The first-order chi connectivity index (χ1) is 10.4. The number of carbonyl (C=O) groups is 2. The van der Waals surface area contributed by atoms with E-state index in [2.05, 4.69) is 10.9 Å². The van der Waals surface area contributed by atoms with Crippen LogP contribution in [0.1, 0.15) is 24.9 Å². The number of halogens is 1. The van der Waals surface area contributed by atoms with Crippen LogP contribution in [-0.4, -0.2) is 41.5 Å². The van der Waals surface area contributed by atoms with Crippen LogP contribution in [0, 0.1) is 5.92 Å². The summed E-state index contributed by atoms with van der Waals surface area (Å²) in [5, 5.41) is 9.57. The number of carboxylic acids is 1. The predicted octanol–water partition coefficient (Wildman–Crippen LogP) is 1.43. The zero-order valence-electron chi connectivity index (χ0n) is 12.5. The lowest BCUT2D eigenvalue weighted by Gasteiger charge is -2.22. The van der Waals surface area contributed by atoms with E-state index in [-0.39, 0.29) is 18.5 Å². The molecule has 1 saturated heterocycles. The maximum atomic E-state index is 12.4. The Morgan fingerprint density at radius 3 is 2.73 bits per heavy atom. The molecule has 3 N–H and O–H groups in total. The molecule has 3 atom stereocenters. The third-order valence-electron chi connectivity index (χ3n) is 3.83. The second kappa shape index (κ2) is 7.09. The summed E-state index contributed by atoms with van der Waals surface area (Å²) >= 11 is 6.17. The van der Waals surface area contributed by atoms with Gasteiger partial charge in [-0.1, -0.05) is 36.7 Å². The second-order valence-electron chi connectivity index (χ2n) is 5.61. The minimum Gasteiger partial charge on any atom is -0.481 e. The molecule has 2 rings (SSSR count). The lowest BCUT2D eigenvalue weighted by molar-refractivity contribution is -0.143. The second-order valence-corrected chi connectivity index (χ2v) is 6.02. The van der Waals surface area contributed by atoms with Gasteiger partial charge in [0.05, 0.1) is 5.92 Å². The molecule has 120 valence electrons. The van der Waals surface area contributed by atoms with E-state index in [0.29, 0.717) is 11.4 Å². The van der Waals surface area contributed by atoms with E-state index in [1.807, 2.05) is 24.3 Å². The molecule has 1 aromatic rings. The van der Waals surface area contributed by atoms with Crippen molar-refractivity contribution in [1.29, 1.82) is 0 Å². The molecule has 6 nitrogen and oxygen atoms in total. The average molecular weight is 326 g/mol. The van der Waals surface area contributed by atoms with Crippen LogP contribution in [0.2, 0.25) is 5.02 Å². The first kappa shape index (κ1) is 16.7. The molecule has 0 bridgehead atoms. The predicted molar refractivity (Wildman–Crippen MR) is 83.3 cm³/mol. The van der Waals surface area contributed by atoms with Gasteiger partial charge in [0.25, 0.3) is 0 Å². The minimum absolute atomic E-state index is 0.0482. The van der Waals surface area contributed by atoms with E-state index < -0.39 is 17.9 Å². The third-order valence-corrected chi connectivity index (χ3v) is 4.17. The largest absolute Gasteiger partial charge is 0.481 e. The highest BCUT2D eigenvalue weighted by atomic mass is 35.5. The zero-order valence-corrected chi connectivity index (χ0v) is 13.3. The fourth-order valence-electron chi connectivity index (χ4n) is 2.52. The van der Waals surface area contributed by atoms with Gasteiger partial charge in [0.2, 0.25) is 5.91 Å². The van der Waals surface area contributed by atoms with Crippen molar-refractivity contribution in [1.82, 2.24) is 15.8 Å². The number of hydrogen-bond acceptors (Lipinski definition) is 4. The molecular formula is C15H20ClN3O3. The van der Waals surface area contributed by atoms with E-state index in [0.717, 1.165) is 5.56 Å². The molecule has 1 heterocycles. The molecule has 1 aliphatic rings. The summed E-state index contributed by atoms with van der Waals surface area (Å²) in [6, 6.07) is 7.05. The number of hydrogen-bond donors (Lipinski definition) is 3. The summed E-state index contributed by atoms with van der Waals surface area (Å²) in [5.74, 6) is -1.64. The summed E-state index contributed by atoms with van der Waals surface area (Å²) in [6.07, 6.45) is 0.564. The molecule has 0 radical (unpaired) electrons. The van der Waals surface area contributed by atoms with Gasteiger partial charge in [-0.25, -0.2) is 10.9 Å². The van der Waals surface area contributed by atoms with Crippen molar-refractivity contribution >= 4 is 23.5 Å². The zero-order chi connectivity index (χ0) is 16.3. The normalized spacial score (nSPS) is 22.3. The average Bonchev–Trinajstić information content (AvgIpc) is 2.96. The number of rotatable bonds is 5. The summed E-state index contributed by atoms with van der Waals surface area (Å²) < 4.78 is 0. The maximum absolute atomic E-state index is 12.4. The van der Waals surface area contributed by atoms with Gasteiger partial charge in [-0.2, -0.15) is 0 Å². The number of hydrazine groups is 1.